The molecule has 0 aliphatic carbocycles. The number of nitrogens with zero attached hydrogens (tertiary/aromatic N) is 1. The van der Waals surface area contributed by atoms with E-state index < -0.39 is 5.97 Å². The molecule has 1 aromatic rings. The summed E-state index contributed by atoms with van der Waals surface area (Å²) in [5.41, 5.74) is 2.13. The number of hydrogen-bond donors (Lipinski definition) is 2. The molecule has 1 saturated heterocycles. The van der Waals surface area contributed by atoms with E-state index in [0.717, 1.165) is 32.0 Å². The molecule has 2 rings (SSSR count). The van der Waals surface area contributed by atoms with Crippen molar-refractivity contribution in [3.05, 3.63) is 24.3 Å². The summed E-state index contributed by atoms with van der Waals surface area (Å²) in [7, 11) is 0. The quantitative estimate of drug-likeness (QED) is 0.827. The normalized spacial score (nSPS) is 15.4. The van der Waals surface area contributed by atoms with Crippen molar-refractivity contribution < 1.29 is 14.6 Å². The van der Waals surface area contributed by atoms with E-state index in [1.807, 2.05) is 12.1 Å². The summed E-state index contributed by atoms with van der Waals surface area (Å²) in [4.78, 5) is 12.7. The first-order valence-electron chi connectivity index (χ1n) is 6.14. The first kappa shape index (κ1) is 12.7. The lowest BCUT2D eigenvalue weighted by atomic mass is 10.2. The Morgan fingerprint density at radius 1 is 1.28 bits per heavy atom. The third-order valence-electron chi connectivity index (χ3n) is 2.91. The molecule has 0 spiro atoms. The average molecular weight is 250 g/mol. The van der Waals surface area contributed by atoms with Crippen LogP contribution in [0, 0.1) is 0 Å². The summed E-state index contributed by atoms with van der Waals surface area (Å²) in [5.74, 6) is -0.785. The summed E-state index contributed by atoms with van der Waals surface area (Å²) in [6.07, 6.45) is 0.130. The Morgan fingerprint density at radius 2 is 1.94 bits per heavy atom. The van der Waals surface area contributed by atoms with Crippen LogP contribution >= 0.6 is 0 Å². The molecule has 0 saturated carbocycles. The molecule has 1 aromatic carbocycles. The lowest BCUT2D eigenvalue weighted by Crippen LogP contribution is -2.36. The second-order valence-electron chi connectivity index (χ2n) is 4.22. The lowest BCUT2D eigenvalue weighted by Gasteiger charge is -2.28. The van der Waals surface area contributed by atoms with Crippen molar-refractivity contribution in [2.45, 2.75) is 6.42 Å². The van der Waals surface area contributed by atoms with Crippen LogP contribution in [-0.2, 0) is 9.53 Å². The number of carbonyl (C=O) groups is 1. The minimum Gasteiger partial charge on any atom is -0.481 e. The fraction of sp³-hybridized carbons (Fsp3) is 0.462. The van der Waals surface area contributed by atoms with Crippen molar-refractivity contribution in [3.63, 3.8) is 0 Å². The molecular weight excluding hydrogens is 232 g/mol. The van der Waals surface area contributed by atoms with Gasteiger partial charge in [0.1, 0.15) is 0 Å². The number of carboxylic acids is 1. The van der Waals surface area contributed by atoms with E-state index in [4.69, 9.17) is 9.84 Å². The largest absolute Gasteiger partial charge is 0.481 e. The van der Waals surface area contributed by atoms with Crippen LogP contribution in [0.3, 0.4) is 0 Å². The first-order chi connectivity index (χ1) is 8.75. The molecule has 2 N–H and O–H groups in total. The topological polar surface area (TPSA) is 61.8 Å². The predicted octanol–water partition coefficient (Wildman–Crippen LogP) is 1.41. The summed E-state index contributed by atoms with van der Waals surface area (Å²) in [6.45, 7) is 3.85. The van der Waals surface area contributed by atoms with Gasteiger partial charge in [0, 0.05) is 31.0 Å². The van der Waals surface area contributed by atoms with E-state index in [1.54, 1.807) is 0 Å². The van der Waals surface area contributed by atoms with Crippen molar-refractivity contribution in [1.29, 1.82) is 0 Å². The standard InChI is InChI=1S/C13H18N2O3/c16-13(17)5-6-14-11-1-3-12(4-2-11)15-7-9-18-10-8-15/h1-4,14H,5-10H2,(H,16,17). The van der Waals surface area contributed by atoms with Crippen LogP contribution in [0.1, 0.15) is 6.42 Å². The minimum atomic E-state index is -0.785. The average Bonchev–Trinajstić information content (AvgIpc) is 2.40. The lowest BCUT2D eigenvalue weighted by molar-refractivity contribution is -0.136. The van der Waals surface area contributed by atoms with E-state index >= 15 is 0 Å². The van der Waals surface area contributed by atoms with Crippen LogP contribution in [0.15, 0.2) is 24.3 Å². The SMILES string of the molecule is O=C(O)CCNc1ccc(N2CCOCC2)cc1. The second kappa shape index (κ2) is 6.26. The Hall–Kier alpha value is -1.75. The molecule has 0 radical (unpaired) electrons. The van der Waals surface area contributed by atoms with Crippen molar-refractivity contribution >= 4 is 17.3 Å². The monoisotopic (exact) mass is 250 g/mol. The molecule has 0 bridgehead atoms. The number of morpholine rings is 1. The molecule has 0 unspecified atom stereocenters. The molecule has 5 heteroatoms. The molecule has 18 heavy (non-hydrogen) atoms. The number of rotatable bonds is 5. The number of aliphatic carboxylic acids is 1. The molecule has 5 nitrogen and oxygen atoms in total. The number of carboxylic acid groups (broad SMARTS) is 1. The van der Waals surface area contributed by atoms with Crippen LogP contribution in [0.5, 0.6) is 0 Å². The minimum absolute atomic E-state index is 0.130. The van der Waals surface area contributed by atoms with Gasteiger partial charge in [-0.25, -0.2) is 0 Å². The zero-order chi connectivity index (χ0) is 12.8. The summed E-state index contributed by atoms with van der Waals surface area (Å²) >= 11 is 0. The van der Waals surface area contributed by atoms with Crippen molar-refractivity contribution in [2.24, 2.45) is 0 Å². The fourth-order valence-corrected chi connectivity index (χ4v) is 1.93. The van der Waals surface area contributed by atoms with E-state index in [1.165, 1.54) is 5.69 Å². The molecule has 1 heterocycles. The number of anilines is 2. The Labute approximate surface area is 106 Å². The molecular formula is C13H18N2O3. The van der Waals surface area contributed by atoms with Gasteiger partial charge in [-0.15, -0.1) is 0 Å². The van der Waals surface area contributed by atoms with Gasteiger partial charge < -0.3 is 20.1 Å². The van der Waals surface area contributed by atoms with Crippen molar-refractivity contribution in [1.82, 2.24) is 0 Å². The van der Waals surface area contributed by atoms with Crippen LogP contribution in [-0.4, -0.2) is 43.9 Å². The fourth-order valence-electron chi connectivity index (χ4n) is 1.93. The van der Waals surface area contributed by atoms with Crippen molar-refractivity contribution in [2.75, 3.05) is 43.1 Å². The molecule has 1 aliphatic rings. The van der Waals surface area contributed by atoms with Crippen LogP contribution < -0.4 is 10.2 Å². The highest BCUT2D eigenvalue weighted by Crippen LogP contribution is 2.18. The van der Waals surface area contributed by atoms with Gasteiger partial charge in [0.15, 0.2) is 0 Å². The third-order valence-corrected chi connectivity index (χ3v) is 2.91. The maximum Gasteiger partial charge on any atom is 0.305 e. The highest BCUT2D eigenvalue weighted by molar-refractivity contribution is 5.67. The van der Waals surface area contributed by atoms with Gasteiger partial charge in [-0.3, -0.25) is 4.79 Å². The molecule has 98 valence electrons. The Kier molecular flexibility index (Phi) is 4.41. The Balaban J connectivity index is 1.86. The number of nitrogens with one attached hydrogen (secondary N) is 1. The van der Waals surface area contributed by atoms with E-state index in [0.29, 0.717) is 6.54 Å². The molecule has 0 atom stereocenters. The predicted molar refractivity (Wildman–Crippen MR) is 70.2 cm³/mol. The van der Waals surface area contributed by atoms with Gasteiger partial charge in [-0.1, -0.05) is 0 Å². The maximum absolute atomic E-state index is 10.4. The van der Waals surface area contributed by atoms with Gasteiger partial charge in [0.05, 0.1) is 19.6 Å². The summed E-state index contributed by atoms with van der Waals surface area (Å²) < 4.78 is 5.31. The Bertz CT molecular complexity index is 386. The molecule has 1 aliphatic heterocycles. The third kappa shape index (κ3) is 3.63. The first-order valence-corrected chi connectivity index (χ1v) is 6.14. The highest BCUT2D eigenvalue weighted by Gasteiger charge is 2.10. The van der Waals surface area contributed by atoms with Gasteiger partial charge in [-0.05, 0) is 24.3 Å². The van der Waals surface area contributed by atoms with Crippen molar-refractivity contribution in [3.8, 4) is 0 Å². The molecule has 0 aromatic heterocycles. The molecule has 0 amide bonds. The smallest absolute Gasteiger partial charge is 0.305 e. The number of benzene rings is 1. The number of ether oxygens (including phenoxy) is 1. The van der Waals surface area contributed by atoms with Gasteiger partial charge in [-0.2, -0.15) is 0 Å². The van der Waals surface area contributed by atoms with Gasteiger partial charge in [0.25, 0.3) is 0 Å². The van der Waals surface area contributed by atoms with Crippen LogP contribution in [0.4, 0.5) is 11.4 Å². The summed E-state index contributed by atoms with van der Waals surface area (Å²) in [6, 6.07) is 8.06. The van der Waals surface area contributed by atoms with Gasteiger partial charge >= 0.3 is 5.97 Å². The zero-order valence-corrected chi connectivity index (χ0v) is 10.3. The summed E-state index contributed by atoms with van der Waals surface area (Å²) in [5, 5.41) is 11.6. The van der Waals surface area contributed by atoms with Gasteiger partial charge in [0.2, 0.25) is 0 Å². The van der Waals surface area contributed by atoms with E-state index in [-0.39, 0.29) is 6.42 Å². The Morgan fingerprint density at radius 3 is 2.56 bits per heavy atom. The van der Waals surface area contributed by atoms with E-state index in [2.05, 4.69) is 22.3 Å². The van der Waals surface area contributed by atoms with Crippen LogP contribution in [0.25, 0.3) is 0 Å². The van der Waals surface area contributed by atoms with Crippen LogP contribution in [0.2, 0.25) is 0 Å². The zero-order valence-electron chi connectivity index (χ0n) is 10.3. The van der Waals surface area contributed by atoms with E-state index in [9.17, 15) is 4.79 Å². The maximum atomic E-state index is 10.4. The molecule has 1 fully saturated rings. The second-order valence-corrected chi connectivity index (χ2v) is 4.22. The number of hydrogen-bond acceptors (Lipinski definition) is 4. The highest BCUT2D eigenvalue weighted by atomic mass is 16.5.